The maximum atomic E-state index is 14.2. The quantitative estimate of drug-likeness (QED) is 0.579. The van der Waals surface area contributed by atoms with Crippen LogP contribution in [0.4, 0.5) is 25.8 Å². The first-order chi connectivity index (χ1) is 16.6. The van der Waals surface area contributed by atoms with Gasteiger partial charge in [0.1, 0.15) is 16.5 Å². The number of anilines is 3. The van der Waals surface area contributed by atoms with Crippen LogP contribution in [0, 0.1) is 17.6 Å². The fourth-order valence-corrected chi connectivity index (χ4v) is 6.20. The van der Waals surface area contributed by atoms with E-state index < -0.39 is 32.0 Å². The van der Waals surface area contributed by atoms with Crippen molar-refractivity contribution in [1.29, 1.82) is 0 Å². The molecule has 2 aromatic rings. The van der Waals surface area contributed by atoms with Crippen LogP contribution in [-0.4, -0.2) is 45.3 Å². The molecule has 1 saturated carbocycles. The van der Waals surface area contributed by atoms with E-state index >= 15 is 0 Å². The first kappa shape index (κ1) is 23.7. The number of rotatable bonds is 5. The number of fused-ring (bicyclic) bond motifs is 2. The SMILES string of the molecule is CN1CCC(C(=O)Nc2cc(NS(=O)(=O)c3ccc(F)cc3F)cc3c2NC(=O)C32CCC2)CC1. The number of amides is 2. The maximum absolute atomic E-state index is 14.2. The van der Waals surface area contributed by atoms with Gasteiger partial charge in [0.05, 0.1) is 22.5 Å². The molecule has 1 aliphatic carbocycles. The maximum Gasteiger partial charge on any atom is 0.264 e. The Morgan fingerprint density at radius 1 is 1.14 bits per heavy atom. The van der Waals surface area contributed by atoms with Gasteiger partial charge < -0.3 is 15.5 Å². The molecule has 3 aliphatic rings. The third-order valence-electron chi connectivity index (χ3n) is 7.32. The number of piperidine rings is 1. The van der Waals surface area contributed by atoms with Crippen molar-refractivity contribution in [2.75, 3.05) is 35.5 Å². The second kappa shape index (κ2) is 8.56. The van der Waals surface area contributed by atoms with E-state index in [0.717, 1.165) is 31.6 Å². The predicted octanol–water partition coefficient (Wildman–Crippen LogP) is 3.42. The number of carbonyl (C=O) groups excluding carboxylic acids is 2. The minimum absolute atomic E-state index is 0.0777. The summed E-state index contributed by atoms with van der Waals surface area (Å²) in [5.74, 6) is -2.70. The van der Waals surface area contributed by atoms with Crippen LogP contribution in [0.2, 0.25) is 0 Å². The van der Waals surface area contributed by atoms with Crippen molar-refractivity contribution in [1.82, 2.24) is 4.90 Å². The summed E-state index contributed by atoms with van der Waals surface area (Å²) in [7, 11) is -2.41. The molecule has 0 atom stereocenters. The summed E-state index contributed by atoms with van der Waals surface area (Å²) in [6.07, 6.45) is 3.45. The summed E-state index contributed by atoms with van der Waals surface area (Å²) in [6, 6.07) is 5.18. The molecule has 2 aromatic carbocycles. The largest absolute Gasteiger partial charge is 0.324 e. The molecule has 0 unspecified atom stereocenters. The van der Waals surface area contributed by atoms with Crippen molar-refractivity contribution < 1.29 is 26.8 Å². The van der Waals surface area contributed by atoms with Gasteiger partial charge in [-0.1, -0.05) is 6.42 Å². The third kappa shape index (κ3) is 4.16. The van der Waals surface area contributed by atoms with E-state index in [9.17, 15) is 26.8 Å². The Hall–Kier alpha value is -3.05. The fraction of sp³-hybridized carbons (Fsp3) is 0.417. The van der Waals surface area contributed by atoms with Gasteiger partial charge in [0.2, 0.25) is 11.8 Å². The molecule has 0 radical (unpaired) electrons. The van der Waals surface area contributed by atoms with Crippen LogP contribution in [0.1, 0.15) is 37.7 Å². The molecule has 186 valence electrons. The van der Waals surface area contributed by atoms with Crippen LogP contribution in [0.3, 0.4) is 0 Å². The Morgan fingerprint density at radius 2 is 1.86 bits per heavy atom. The minimum Gasteiger partial charge on any atom is -0.324 e. The van der Waals surface area contributed by atoms with Crippen molar-refractivity contribution in [2.24, 2.45) is 5.92 Å². The van der Waals surface area contributed by atoms with Crippen molar-refractivity contribution in [3.8, 4) is 0 Å². The summed E-state index contributed by atoms with van der Waals surface area (Å²) in [5, 5.41) is 5.76. The van der Waals surface area contributed by atoms with Gasteiger partial charge in [0.15, 0.2) is 0 Å². The second-order valence-electron chi connectivity index (χ2n) is 9.58. The molecule has 2 aliphatic heterocycles. The molecule has 5 rings (SSSR count). The Kier molecular flexibility index (Phi) is 5.79. The molecular weight excluding hydrogens is 478 g/mol. The number of likely N-dealkylation sites (tertiary alicyclic amines) is 1. The molecule has 2 heterocycles. The van der Waals surface area contributed by atoms with E-state index in [2.05, 4.69) is 20.3 Å². The van der Waals surface area contributed by atoms with Gasteiger partial charge in [0, 0.05) is 12.0 Å². The number of carbonyl (C=O) groups is 2. The van der Waals surface area contributed by atoms with Gasteiger partial charge in [-0.3, -0.25) is 14.3 Å². The number of nitrogens with one attached hydrogen (secondary N) is 3. The zero-order chi connectivity index (χ0) is 25.0. The van der Waals surface area contributed by atoms with E-state index in [0.29, 0.717) is 48.7 Å². The molecule has 1 saturated heterocycles. The van der Waals surface area contributed by atoms with Gasteiger partial charge in [-0.25, -0.2) is 17.2 Å². The van der Waals surface area contributed by atoms with Gasteiger partial charge in [-0.15, -0.1) is 0 Å². The smallest absolute Gasteiger partial charge is 0.264 e. The lowest BCUT2D eigenvalue weighted by molar-refractivity contribution is -0.123. The first-order valence-corrected chi connectivity index (χ1v) is 13.0. The van der Waals surface area contributed by atoms with Gasteiger partial charge in [-0.2, -0.15) is 0 Å². The second-order valence-corrected chi connectivity index (χ2v) is 11.2. The highest BCUT2D eigenvalue weighted by Gasteiger charge is 2.52. The zero-order valence-corrected chi connectivity index (χ0v) is 20.0. The fourth-order valence-electron chi connectivity index (χ4n) is 5.10. The number of benzene rings is 2. The molecule has 0 aromatic heterocycles. The van der Waals surface area contributed by atoms with Crippen molar-refractivity contribution >= 4 is 38.9 Å². The Labute approximate surface area is 202 Å². The Balaban J connectivity index is 1.50. The van der Waals surface area contributed by atoms with Gasteiger partial charge in [0.25, 0.3) is 10.0 Å². The van der Waals surface area contributed by atoms with E-state index in [-0.39, 0.29) is 23.4 Å². The molecular formula is C24H26F2N4O4S. The minimum atomic E-state index is -4.40. The van der Waals surface area contributed by atoms with Crippen LogP contribution in [-0.2, 0) is 25.0 Å². The summed E-state index contributed by atoms with van der Waals surface area (Å²) < 4.78 is 55.7. The lowest BCUT2D eigenvalue weighted by Gasteiger charge is -2.36. The molecule has 35 heavy (non-hydrogen) atoms. The van der Waals surface area contributed by atoms with Crippen LogP contribution >= 0.6 is 0 Å². The monoisotopic (exact) mass is 504 g/mol. The van der Waals surface area contributed by atoms with Gasteiger partial charge >= 0.3 is 0 Å². The molecule has 11 heteroatoms. The average molecular weight is 505 g/mol. The summed E-state index contributed by atoms with van der Waals surface area (Å²) in [6.45, 7) is 1.58. The van der Waals surface area contributed by atoms with Crippen LogP contribution in [0.5, 0.6) is 0 Å². The molecule has 8 nitrogen and oxygen atoms in total. The highest BCUT2D eigenvalue weighted by Crippen LogP contribution is 2.54. The number of hydrogen-bond donors (Lipinski definition) is 3. The zero-order valence-electron chi connectivity index (χ0n) is 19.2. The molecule has 3 N–H and O–H groups in total. The number of hydrogen-bond acceptors (Lipinski definition) is 5. The van der Waals surface area contributed by atoms with E-state index in [1.165, 1.54) is 6.07 Å². The summed E-state index contributed by atoms with van der Waals surface area (Å²) in [5.41, 5.74) is 0.666. The van der Waals surface area contributed by atoms with E-state index in [1.807, 2.05) is 7.05 Å². The Bertz CT molecular complexity index is 1320. The van der Waals surface area contributed by atoms with Gasteiger partial charge in [-0.05, 0) is 75.6 Å². The van der Waals surface area contributed by atoms with Crippen LogP contribution < -0.4 is 15.4 Å². The average Bonchev–Trinajstić information content (AvgIpc) is 3.06. The molecule has 1 spiro atoms. The van der Waals surface area contributed by atoms with Crippen LogP contribution in [0.15, 0.2) is 35.2 Å². The third-order valence-corrected chi connectivity index (χ3v) is 8.73. The normalized spacial score (nSPS) is 19.7. The lowest BCUT2D eigenvalue weighted by atomic mass is 9.65. The molecule has 0 bridgehead atoms. The highest BCUT2D eigenvalue weighted by atomic mass is 32.2. The van der Waals surface area contributed by atoms with E-state index in [1.54, 1.807) is 6.07 Å². The molecule has 2 amide bonds. The highest BCUT2D eigenvalue weighted by molar-refractivity contribution is 7.92. The number of nitrogens with zero attached hydrogens (tertiary/aromatic N) is 1. The van der Waals surface area contributed by atoms with Crippen molar-refractivity contribution in [3.63, 3.8) is 0 Å². The predicted molar refractivity (Wildman–Crippen MR) is 127 cm³/mol. The first-order valence-electron chi connectivity index (χ1n) is 11.6. The topological polar surface area (TPSA) is 108 Å². The van der Waals surface area contributed by atoms with Crippen molar-refractivity contribution in [3.05, 3.63) is 47.5 Å². The molecule has 2 fully saturated rings. The number of sulfonamides is 1. The summed E-state index contributed by atoms with van der Waals surface area (Å²) in [4.78, 5) is 27.3. The lowest BCUT2D eigenvalue weighted by Crippen LogP contribution is -2.40. The van der Waals surface area contributed by atoms with Crippen molar-refractivity contribution in [2.45, 2.75) is 42.4 Å². The van der Waals surface area contributed by atoms with Crippen LogP contribution in [0.25, 0.3) is 0 Å². The number of halogens is 2. The standard InChI is InChI=1S/C24H26F2N4O4S/c1-30-9-5-14(6-10-30)22(31)27-19-13-16(12-17-21(19)28-23(32)24(17)7-2-8-24)29-35(33,34)20-4-3-15(25)11-18(20)26/h3-4,11-14,29H,2,5-10H2,1H3,(H,27,31)(H,28,32). The van der Waals surface area contributed by atoms with E-state index in [4.69, 9.17) is 0 Å². The summed E-state index contributed by atoms with van der Waals surface area (Å²) >= 11 is 0. The Morgan fingerprint density at radius 3 is 2.49 bits per heavy atom.